The van der Waals surface area contributed by atoms with Gasteiger partial charge >= 0.3 is 5.82 Å². The number of nitro groups is 1. The number of benzene rings is 1. The van der Waals surface area contributed by atoms with Gasteiger partial charge in [-0.25, -0.2) is 0 Å². The molecule has 88 valence electrons. The van der Waals surface area contributed by atoms with E-state index in [-0.39, 0.29) is 12.4 Å². The molecule has 6 nitrogen and oxygen atoms in total. The second-order valence-corrected chi connectivity index (χ2v) is 3.62. The van der Waals surface area contributed by atoms with E-state index < -0.39 is 4.92 Å². The third kappa shape index (κ3) is 2.48. The maximum atomic E-state index is 10.7. The third-order valence-electron chi connectivity index (χ3n) is 2.40. The predicted molar refractivity (Wildman–Crippen MR) is 62.3 cm³/mol. The van der Waals surface area contributed by atoms with Crippen LogP contribution in [0.5, 0.6) is 0 Å². The molecule has 2 N–H and O–H groups in total. The second-order valence-electron chi connectivity index (χ2n) is 3.62. The van der Waals surface area contributed by atoms with Crippen LogP contribution in [-0.4, -0.2) is 14.7 Å². The number of nitrogens with two attached hydrogens (primary N) is 1. The molecule has 1 aromatic carbocycles. The van der Waals surface area contributed by atoms with E-state index in [4.69, 9.17) is 5.73 Å². The molecule has 0 saturated heterocycles. The third-order valence-corrected chi connectivity index (χ3v) is 2.40. The lowest BCUT2D eigenvalue weighted by molar-refractivity contribution is -0.390. The first-order chi connectivity index (χ1) is 8.20. The Morgan fingerprint density at radius 2 is 2.06 bits per heavy atom. The minimum absolute atomic E-state index is 0.116. The Bertz CT molecular complexity index is 522. The quantitative estimate of drug-likeness (QED) is 0.635. The number of nitrogens with zero attached hydrogens (tertiary/aromatic N) is 3. The van der Waals surface area contributed by atoms with Gasteiger partial charge in [0.25, 0.3) is 0 Å². The Balaban J connectivity index is 2.26. The molecule has 17 heavy (non-hydrogen) atoms. The molecule has 2 rings (SSSR count). The first-order valence-corrected chi connectivity index (χ1v) is 5.15. The van der Waals surface area contributed by atoms with Crippen molar-refractivity contribution in [3.8, 4) is 0 Å². The van der Waals surface area contributed by atoms with Crippen molar-refractivity contribution in [2.24, 2.45) is 5.73 Å². The van der Waals surface area contributed by atoms with Crippen LogP contribution in [0.3, 0.4) is 0 Å². The SMILES string of the molecule is NCc1cn(Cc2ccccc2)nc1[N+](=O)[O-]. The average molecular weight is 232 g/mol. The standard InChI is InChI=1S/C11H12N4O2/c12-6-10-8-14(13-11(10)15(16)17)7-9-4-2-1-3-5-9/h1-5,8H,6-7,12H2. The van der Waals surface area contributed by atoms with E-state index in [0.29, 0.717) is 12.1 Å². The Morgan fingerprint density at radius 1 is 1.35 bits per heavy atom. The topological polar surface area (TPSA) is 87.0 Å². The summed E-state index contributed by atoms with van der Waals surface area (Å²) in [7, 11) is 0. The van der Waals surface area contributed by atoms with Gasteiger partial charge in [0.15, 0.2) is 0 Å². The van der Waals surface area contributed by atoms with Gasteiger partial charge in [-0.1, -0.05) is 30.3 Å². The van der Waals surface area contributed by atoms with E-state index in [0.717, 1.165) is 5.56 Å². The van der Waals surface area contributed by atoms with E-state index in [1.807, 2.05) is 30.3 Å². The van der Waals surface area contributed by atoms with Gasteiger partial charge in [0, 0.05) is 6.54 Å². The summed E-state index contributed by atoms with van der Waals surface area (Å²) in [6.07, 6.45) is 1.62. The molecule has 0 aliphatic carbocycles. The van der Waals surface area contributed by atoms with Crippen LogP contribution in [0.25, 0.3) is 0 Å². The summed E-state index contributed by atoms with van der Waals surface area (Å²) in [5.74, 6) is -0.163. The molecule has 0 saturated carbocycles. The van der Waals surface area contributed by atoms with Crippen molar-refractivity contribution in [1.82, 2.24) is 9.78 Å². The molecular formula is C11H12N4O2. The number of aromatic nitrogens is 2. The van der Waals surface area contributed by atoms with Crippen molar-refractivity contribution in [1.29, 1.82) is 0 Å². The summed E-state index contributed by atoms with van der Waals surface area (Å²) in [6.45, 7) is 0.618. The van der Waals surface area contributed by atoms with E-state index in [9.17, 15) is 10.1 Å². The first kappa shape index (κ1) is 11.3. The van der Waals surface area contributed by atoms with Gasteiger partial charge in [-0.05, 0) is 10.5 Å². The summed E-state index contributed by atoms with van der Waals surface area (Å²) in [5, 5.41) is 14.6. The largest absolute Gasteiger partial charge is 0.394 e. The molecule has 0 amide bonds. The fourth-order valence-electron chi connectivity index (χ4n) is 1.60. The summed E-state index contributed by atoms with van der Waals surface area (Å²) in [4.78, 5) is 10.2. The normalized spacial score (nSPS) is 10.4. The number of hydrogen-bond donors (Lipinski definition) is 1. The Labute approximate surface area is 97.8 Å². The van der Waals surface area contributed by atoms with Crippen LogP contribution in [0.1, 0.15) is 11.1 Å². The van der Waals surface area contributed by atoms with Crippen LogP contribution in [0.4, 0.5) is 5.82 Å². The molecule has 0 atom stereocenters. The maximum Gasteiger partial charge on any atom is 0.394 e. The van der Waals surface area contributed by atoms with Gasteiger partial charge in [0.05, 0.1) is 23.4 Å². The molecule has 0 spiro atoms. The Morgan fingerprint density at radius 3 is 2.59 bits per heavy atom. The van der Waals surface area contributed by atoms with Crippen molar-refractivity contribution < 1.29 is 4.92 Å². The number of hydrogen-bond acceptors (Lipinski definition) is 4. The minimum atomic E-state index is -0.510. The predicted octanol–water partition coefficient (Wildman–Crippen LogP) is 1.30. The fraction of sp³-hybridized carbons (Fsp3) is 0.182. The molecule has 0 bridgehead atoms. The Hall–Kier alpha value is -2.21. The zero-order valence-corrected chi connectivity index (χ0v) is 9.11. The lowest BCUT2D eigenvalue weighted by Crippen LogP contribution is -2.00. The molecule has 0 radical (unpaired) electrons. The lowest BCUT2D eigenvalue weighted by atomic mass is 10.2. The van der Waals surface area contributed by atoms with Crippen molar-refractivity contribution >= 4 is 5.82 Å². The van der Waals surface area contributed by atoms with Gasteiger partial charge in [-0.2, -0.15) is 4.68 Å². The van der Waals surface area contributed by atoms with E-state index in [2.05, 4.69) is 5.10 Å². The molecule has 0 aliphatic heterocycles. The van der Waals surface area contributed by atoms with E-state index >= 15 is 0 Å². The molecule has 0 unspecified atom stereocenters. The fourth-order valence-corrected chi connectivity index (χ4v) is 1.60. The van der Waals surface area contributed by atoms with Crippen molar-refractivity contribution in [2.45, 2.75) is 13.1 Å². The van der Waals surface area contributed by atoms with Crippen LogP contribution < -0.4 is 5.73 Å². The monoisotopic (exact) mass is 232 g/mol. The van der Waals surface area contributed by atoms with Gasteiger partial charge < -0.3 is 15.8 Å². The van der Waals surface area contributed by atoms with E-state index in [1.165, 1.54) is 4.68 Å². The minimum Gasteiger partial charge on any atom is -0.358 e. The number of rotatable bonds is 4. The molecule has 1 aromatic heterocycles. The highest BCUT2D eigenvalue weighted by molar-refractivity contribution is 5.30. The molecular weight excluding hydrogens is 220 g/mol. The maximum absolute atomic E-state index is 10.7. The zero-order valence-electron chi connectivity index (χ0n) is 9.11. The first-order valence-electron chi connectivity index (χ1n) is 5.15. The summed E-state index contributed by atoms with van der Waals surface area (Å²) in [5.41, 5.74) is 6.92. The van der Waals surface area contributed by atoms with Crippen LogP contribution in [-0.2, 0) is 13.1 Å². The van der Waals surface area contributed by atoms with Crippen LogP contribution >= 0.6 is 0 Å². The second kappa shape index (κ2) is 4.75. The molecule has 0 fully saturated rings. The highest BCUT2D eigenvalue weighted by atomic mass is 16.6. The van der Waals surface area contributed by atoms with Crippen LogP contribution in [0.2, 0.25) is 0 Å². The average Bonchev–Trinajstić information content (AvgIpc) is 2.73. The summed E-state index contributed by atoms with van der Waals surface area (Å²) in [6, 6.07) is 9.62. The smallest absolute Gasteiger partial charge is 0.358 e. The summed E-state index contributed by atoms with van der Waals surface area (Å²) < 4.78 is 1.54. The Kier molecular flexibility index (Phi) is 3.15. The van der Waals surface area contributed by atoms with Gasteiger partial charge in [0.2, 0.25) is 0 Å². The van der Waals surface area contributed by atoms with Crippen molar-refractivity contribution in [3.05, 3.63) is 57.8 Å². The molecule has 0 aliphatic rings. The van der Waals surface area contributed by atoms with Crippen LogP contribution in [0.15, 0.2) is 36.5 Å². The lowest BCUT2D eigenvalue weighted by Gasteiger charge is -1.96. The van der Waals surface area contributed by atoms with Crippen LogP contribution in [0, 0.1) is 10.1 Å². The molecule has 6 heteroatoms. The van der Waals surface area contributed by atoms with E-state index in [1.54, 1.807) is 6.20 Å². The van der Waals surface area contributed by atoms with Crippen molar-refractivity contribution in [2.75, 3.05) is 0 Å². The highest BCUT2D eigenvalue weighted by Gasteiger charge is 2.19. The summed E-state index contributed by atoms with van der Waals surface area (Å²) >= 11 is 0. The van der Waals surface area contributed by atoms with Gasteiger partial charge in [0.1, 0.15) is 0 Å². The van der Waals surface area contributed by atoms with Gasteiger partial charge in [-0.3, -0.25) is 0 Å². The zero-order chi connectivity index (χ0) is 12.3. The molecule has 1 heterocycles. The van der Waals surface area contributed by atoms with Crippen molar-refractivity contribution in [3.63, 3.8) is 0 Å². The van der Waals surface area contributed by atoms with Gasteiger partial charge in [-0.15, -0.1) is 0 Å². The molecule has 2 aromatic rings. The highest BCUT2D eigenvalue weighted by Crippen LogP contribution is 2.15.